The minimum Gasteiger partial charge on any atom is -0.332 e. The van der Waals surface area contributed by atoms with Gasteiger partial charge in [0.15, 0.2) is 0 Å². The highest BCUT2D eigenvalue weighted by Gasteiger charge is 2.27. The summed E-state index contributed by atoms with van der Waals surface area (Å²) in [5.41, 5.74) is 4.09. The summed E-state index contributed by atoms with van der Waals surface area (Å²) in [5.74, 6) is 0.458. The molecular formula is C30H33N3O2. The van der Waals surface area contributed by atoms with Crippen molar-refractivity contribution in [3.05, 3.63) is 106 Å². The number of nitrogens with zero attached hydrogens (tertiary/aromatic N) is 3. The molecule has 0 radical (unpaired) electrons. The smallest absolute Gasteiger partial charge is 0.266 e. The molecule has 3 aromatic carbocycles. The molecule has 0 N–H and O–H groups in total. The number of para-hydroxylation sites is 1. The molecule has 1 aromatic heterocycles. The highest BCUT2D eigenvalue weighted by molar-refractivity contribution is 5.94. The molecular weight excluding hydrogens is 434 g/mol. The van der Waals surface area contributed by atoms with Crippen molar-refractivity contribution in [1.29, 1.82) is 0 Å². The molecule has 0 bridgehead atoms. The number of carbonyl (C=O) groups excluding carboxylic acids is 1. The first-order chi connectivity index (χ1) is 16.6. The van der Waals surface area contributed by atoms with E-state index >= 15 is 0 Å². The summed E-state index contributed by atoms with van der Waals surface area (Å²) >= 11 is 0. The molecule has 0 aliphatic carbocycles. The van der Waals surface area contributed by atoms with Gasteiger partial charge < -0.3 is 4.90 Å². The molecule has 4 aromatic rings. The maximum Gasteiger partial charge on any atom is 0.266 e. The molecule has 0 aliphatic rings. The van der Waals surface area contributed by atoms with Crippen LogP contribution in [0.25, 0.3) is 16.6 Å². The Kier molecular flexibility index (Phi) is 6.62. The third-order valence-corrected chi connectivity index (χ3v) is 6.53. The lowest BCUT2D eigenvalue weighted by atomic mass is 9.86. The van der Waals surface area contributed by atoms with Crippen molar-refractivity contribution in [2.24, 2.45) is 0 Å². The van der Waals surface area contributed by atoms with Gasteiger partial charge in [-0.1, -0.05) is 64.1 Å². The van der Waals surface area contributed by atoms with Gasteiger partial charge in [0.05, 0.1) is 22.6 Å². The van der Waals surface area contributed by atoms with Crippen LogP contribution in [0.2, 0.25) is 0 Å². The minimum absolute atomic E-state index is 0.0122. The monoisotopic (exact) mass is 467 g/mol. The zero-order valence-corrected chi connectivity index (χ0v) is 21.4. The van der Waals surface area contributed by atoms with Gasteiger partial charge in [0.25, 0.3) is 11.5 Å². The van der Waals surface area contributed by atoms with Crippen molar-refractivity contribution < 1.29 is 4.79 Å². The van der Waals surface area contributed by atoms with E-state index < -0.39 is 0 Å². The van der Waals surface area contributed by atoms with Crippen LogP contribution >= 0.6 is 0 Å². The second-order valence-corrected chi connectivity index (χ2v) is 10.1. The number of amides is 1. The van der Waals surface area contributed by atoms with Gasteiger partial charge in [-0.2, -0.15) is 0 Å². The van der Waals surface area contributed by atoms with E-state index in [0.29, 0.717) is 28.7 Å². The molecule has 4 rings (SSSR count). The molecule has 5 nitrogen and oxygen atoms in total. The van der Waals surface area contributed by atoms with Crippen LogP contribution in [0.4, 0.5) is 0 Å². The average molecular weight is 468 g/mol. The molecule has 1 atom stereocenters. The van der Waals surface area contributed by atoms with Gasteiger partial charge in [-0.3, -0.25) is 14.2 Å². The standard InChI is InChI=1S/C30H33N3O2/c1-7-26(32(6)28(34)21-15-17-22(18-16-21)30(3,4)5)27-31-25-14-9-8-13-24(25)29(35)33(27)23-12-10-11-20(2)19-23/h8-19,26H,7H2,1-6H3/t26-/m0/s1. The Bertz CT molecular complexity index is 1430. The highest BCUT2D eigenvalue weighted by Crippen LogP contribution is 2.27. The van der Waals surface area contributed by atoms with E-state index in [0.717, 1.165) is 11.3 Å². The van der Waals surface area contributed by atoms with Crippen LogP contribution in [0, 0.1) is 6.92 Å². The maximum absolute atomic E-state index is 13.7. The van der Waals surface area contributed by atoms with Crippen molar-refractivity contribution in [1.82, 2.24) is 14.5 Å². The number of carbonyl (C=O) groups is 1. The van der Waals surface area contributed by atoms with Gasteiger partial charge in [0.2, 0.25) is 0 Å². The lowest BCUT2D eigenvalue weighted by Crippen LogP contribution is -2.36. The first-order valence-electron chi connectivity index (χ1n) is 12.1. The van der Waals surface area contributed by atoms with Gasteiger partial charge in [0.1, 0.15) is 5.82 Å². The van der Waals surface area contributed by atoms with E-state index in [-0.39, 0.29) is 22.9 Å². The SMILES string of the molecule is CC[C@@H](c1nc2ccccc2c(=O)n1-c1cccc(C)c1)N(C)C(=O)c1ccc(C(C)(C)C)cc1. The van der Waals surface area contributed by atoms with Crippen LogP contribution in [0.5, 0.6) is 0 Å². The van der Waals surface area contributed by atoms with Crippen LogP contribution in [0.1, 0.15) is 67.5 Å². The normalized spacial score (nSPS) is 12.5. The van der Waals surface area contributed by atoms with E-state index in [4.69, 9.17) is 4.98 Å². The van der Waals surface area contributed by atoms with Crippen molar-refractivity contribution in [3.8, 4) is 5.69 Å². The number of fused-ring (bicyclic) bond motifs is 1. The van der Waals surface area contributed by atoms with Gasteiger partial charge in [-0.05, 0) is 66.3 Å². The number of hydrogen-bond donors (Lipinski definition) is 0. The van der Waals surface area contributed by atoms with Crippen LogP contribution < -0.4 is 5.56 Å². The van der Waals surface area contributed by atoms with Crippen molar-refractivity contribution in [3.63, 3.8) is 0 Å². The molecule has 0 aliphatic heterocycles. The largest absolute Gasteiger partial charge is 0.332 e. The predicted octanol–water partition coefficient (Wildman–Crippen LogP) is 6.21. The second kappa shape index (κ2) is 9.49. The van der Waals surface area contributed by atoms with Gasteiger partial charge in [-0.25, -0.2) is 4.98 Å². The first-order valence-corrected chi connectivity index (χ1v) is 12.1. The summed E-state index contributed by atoms with van der Waals surface area (Å²) in [7, 11) is 1.79. The molecule has 5 heteroatoms. The zero-order valence-electron chi connectivity index (χ0n) is 21.4. The van der Waals surface area contributed by atoms with Crippen LogP contribution in [-0.4, -0.2) is 27.4 Å². The Hall–Kier alpha value is -3.73. The van der Waals surface area contributed by atoms with E-state index in [1.807, 2.05) is 80.6 Å². The van der Waals surface area contributed by atoms with Crippen LogP contribution in [0.15, 0.2) is 77.6 Å². The Morgan fingerprint density at radius 2 is 1.69 bits per heavy atom. The van der Waals surface area contributed by atoms with Crippen molar-refractivity contribution in [2.75, 3.05) is 7.05 Å². The summed E-state index contributed by atoms with van der Waals surface area (Å²) in [4.78, 5) is 33.9. The van der Waals surface area contributed by atoms with E-state index in [1.165, 1.54) is 5.56 Å². The van der Waals surface area contributed by atoms with Crippen molar-refractivity contribution >= 4 is 16.8 Å². The molecule has 180 valence electrons. The number of rotatable bonds is 5. The van der Waals surface area contributed by atoms with Gasteiger partial charge in [0, 0.05) is 12.6 Å². The van der Waals surface area contributed by atoms with Gasteiger partial charge >= 0.3 is 0 Å². The number of hydrogen-bond acceptors (Lipinski definition) is 3. The summed E-state index contributed by atoms with van der Waals surface area (Å²) in [6, 6.07) is 22.6. The number of aromatic nitrogens is 2. The molecule has 0 unspecified atom stereocenters. The fourth-order valence-corrected chi connectivity index (χ4v) is 4.48. The first kappa shape index (κ1) is 24.4. The number of benzene rings is 3. The maximum atomic E-state index is 13.7. The molecule has 35 heavy (non-hydrogen) atoms. The fourth-order valence-electron chi connectivity index (χ4n) is 4.48. The topological polar surface area (TPSA) is 55.2 Å². The second-order valence-electron chi connectivity index (χ2n) is 10.1. The Labute approximate surface area is 207 Å². The number of aryl methyl sites for hydroxylation is 1. The molecule has 0 fully saturated rings. The van der Waals surface area contributed by atoms with Gasteiger partial charge in [-0.15, -0.1) is 0 Å². The Morgan fingerprint density at radius 1 is 1.00 bits per heavy atom. The lowest BCUT2D eigenvalue weighted by molar-refractivity contribution is 0.0717. The summed E-state index contributed by atoms with van der Waals surface area (Å²) in [5, 5.41) is 0.555. The summed E-state index contributed by atoms with van der Waals surface area (Å²) in [6.07, 6.45) is 0.610. The van der Waals surface area contributed by atoms with E-state index in [2.05, 4.69) is 20.8 Å². The molecule has 0 saturated carbocycles. The third-order valence-electron chi connectivity index (χ3n) is 6.53. The van der Waals surface area contributed by atoms with Crippen molar-refractivity contribution in [2.45, 2.75) is 52.5 Å². The van der Waals surface area contributed by atoms with E-state index in [1.54, 1.807) is 22.6 Å². The quantitative estimate of drug-likeness (QED) is 0.350. The third kappa shape index (κ3) is 4.76. The Balaban J connectivity index is 1.84. The predicted molar refractivity (Wildman–Crippen MR) is 142 cm³/mol. The van der Waals surface area contributed by atoms with Crippen LogP contribution in [-0.2, 0) is 5.41 Å². The molecule has 0 spiro atoms. The Morgan fingerprint density at radius 3 is 2.31 bits per heavy atom. The average Bonchev–Trinajstić information content (AvgIpc) is 2.83. The van der Waals surface area contributed by atoms with E-state index in [9.17, 15) is 9.59 Å². The summed E-state index contributed by atoms with van der Waals surface area (Å²) < 4.78 is 1.66. The zero-order chi connectivity index (χ0) is 25.3. The van der Waals surface area contributed by atoms with Crippen LogP contribution in [0.3, 0.4) is 0 Å². The molecule has 0 saturated heterocycles. The summed E-state index contributed by atoms with van der Waals surface area (Å²) in [6.45, 7) is 10.5. The highest BCUT2D eigenvalue weighted by atomic mass is 16.2. The molecule has 1 amide bonds. The fraction of sp³-hybridized carbons (Fsp3) is 0.300. The molecule has 1 heterocycles. The minimum atomic E-state index is -0.386. The lowest BCUT2D eigenvalue weighted by Gasteiger charge is -2.29.